The van der Waals surface area contributed by atoms with E-state index >= 15 is 0 Å². The Morgan fingerprint density at radius 2 is 1.73 bits per heavy atom. The third-order valence-corrected chi connectivity index (χ3v) is 9.20. The summed E-state index contributed by atoms with van der Waals surface area (Å²) in [7, 11) is 1.64. The van der Waals surface area contributed by atoms with Gasteiger partial charge < -0.3 is 25.2 Å². The maximum absolute atomic E-state index is 13.3. The molecule has 2 saturated heterocycles. The number of hydrogen-bond donors (Lipinski definition) is 3. The zero-order valence-corrected chi connectivity index (χ0v) is 23.4. The van der Waals surface area contributed by atoms with E-state index in [1.165, 1.54) is 18.2 Å². The molecule has 216 valence electrons. The fourth-order valence-corrected chi connectivity index (χ4v) is 6.73. The molecule has 0 saturated carbocycles. The normalized spacial score (nSPS) is 29.1. The molecule has 5 atom stereocenters. The fourth-order valence-electron chi connectivity index (χ4n) is 6.73. The number of para-hydroxylation sites is 2. The van der Waals surface area contributed by atoms with E-state index in [0.29, 0.717) is 25.2 Å². The quantitative estimate of drug-likeness (QED) is 0.311. The molecule has 11 nitrogen and oxygen atoms in total. The van der Waals surface area contributed by atoms with Crippen molar-refractivity contribution in [3.8, 4) is 5.75 Å². The molecule has 0 radical (unpaired) electrons. The van der Waals surface area contributed by atoms with Gasteiger partial charge in [0.25, 0.3) is 5.69 Å². The highest BCUT2D eigenvalue weighted by Gasteiger charge is 2.65. The zero-order valence-electron chi connectivity index (χ0n) is 23.4. The number of nitro groups is 1. The predicted octanol–water partition coefficient (Wildman–Crippen LogP) is 3.44. The second-order valence-corrected chi connectivity index (χ2v) is 11.1. The van der Waals surface area contributed by atoms with E-state index in [9.17, 15) is 29.9 Å². The van der Waals surface area contributed by atoms with Gasteiger partial charge in [-0.3, -0.25) is 24.6 Å². The van der Waals surface area contributed by atoms with E-state index in [0.717, 1.165) is 24.5 Å². The molecule has 40 heavy (non-hydrogen) atoms. The Labute approximate surface area is 233 Å². The number of carboxylic acids is 2. The summed E-state index contributed by atoms with van der Waals surface area (Å²) in [4.78, 5) is 41.6. The van der Waals surface area contributed by atoms with Crippen LogP contribution in [0.25, 0.3) is 0 Å². The Hall–Kier alpha value is -3.70. The van der Waals surface area contributed by atoms with Gasteiger partial charge in [0.15, 0.2) is 0 Å². The summed E-state index contributed by atoms with van der Waals surface area (Å²) in [5, 5.41) is 36.2. The second kappa shape index (κ2) is 11.4. The van der Waals surface area contributed by atoms with Gasteiger partial charge >= 0.3 is 11.9 Å². The number of carboxylic acid groups (broad SMARTS) is 2. The van der Waals surface area contributed by atoms with E-state index in [4.69, 9.17) is 4.74 Å². The van der Waals surface area contributed by atoms with Crippen molar-refractivity contribution in [2.24, 2.45) is 10.8 Å². The summed E-state index contributed by atoms with van der Waals surface area (Å²) >= 11 is 0. The highest BCUT2D eigenvalue weighted by atomic mass is 16.6. The van der Waals surface area contributed by atoms with Crippen molar-refractivity contribution >= 4 is 23.3 Å². The number of nitrogens with zero attached hydrogens (tertiary/aromatic N) is 3. The summed E-state index contributed by atoms with van der Waals surface area (Å²) in [5.74, 6) is -2.48. The summed E-state index contributed by atoms with van der Waals surface area (Å²) in [6, 6.07) is 12.4. The van der Waals surface area contributed by atoms with Crippen LogP contribution in [0.5, 0.6) is 5.75 Å². The molecule has 0 amide bonds. The Morgan fingerprint density at radius 3 is 2.33 bits per heavy atom. The van der Waals surface area contributed by atoms with Gasteiger partial charge in [-0.25, -0.2) is 0 Å². The number of methoxy groups -OCH3 is 1. The average molecular weight is 555 g/mol. The number of piperazine rings is 1. The number of ether oxygens (including phenoxy) is 1. The number of benzene rings is 2. The fraction of sp³-hybridized carbons (Fsp3) is 0.517. The molecule has 4 rings (SSSR count). The van der Waals surface area contributed by atoms with Gasteiger partial charge in [0.05, 0.1) is 28.6 Å². The molecular weight excluding hydrogens is 516 g/mol. The van der Waals surface area contributed by atoms with Crippen molar-refractivity contribution < 1.29 is 29.5 Å². The zero-order chi connectivity index (χ0) is 29.2. The molecular formula is C29H38N4O7. The summed E-state index contributed by atoms with van der Waals surface area (Å²) in [6.45, 7) is 8.35. The third kappa shape index (κ3) is 4.99. The molecule has 0 aromatic heterocycles. The minimum atomic E-state index is -1.54. The first kappa shape index (κ1) is 29.3. The van der Waals surface area contributed by atoms with Gasteiger partial charge in [-0.05, 0) is 51.4 Å². The number of hydrogen-bond acceptors (Lipinski definition) is 8. The largest absolute Gasteiger partial charge is 0.495 e. The van der Waals surface area contributed by atoms with Crippen LogP contribution in [0.1, 0.15) is 38.7 Å². The molecule has 2 aliphatic rings. The Morgan fingerprint density at radius 1 is 1.05 bits per heavy atom. The molecule has 0 aliphatic carbocycles. The Kier molecular flexibility index (Phi) is 8.36. The number of rotatable bonds is 9. The number of nitrogens with one attached hydrogen (secondary N) is 1. The van der Waals surface area contributed by atoms with Gasteiger partial charge in [0.1, 0.15) is 5.75 Å². The van der Waals surface area contributed by atoms with Crippen LogP contribution in [0.3, 0.4) is 0 Å². The first-order valence-corrected chi connectivity index (χ1v) is 13.5. The highest BCUT2D eigenvalue weighted by molar-refractivity contribution is 5.84. The molecule has 0 spiro atoms. The lowest BCUT2D eigenvalue weighted by Gasteiger charge is -2.56. The molecule has 2 aliphatic heterocycles. The molecule has 11 heteroatoms. The molecule has 2 aromatic rings. The van der Waals surface area contributed by atoms with Gasteiger partial charge in [-0.1, -0.05) is 24.3 Å². The van der Waals surface area contributed by atoms with Gasteiger partial charge in [-0.15, -0.1) is 0 Å². The van der Waals surface area contributed by atoms with E-state index in [-0.39, 0.29) is 12.1 Å². The summed E-state index contributed by atoms with van der Waals surface area (Å²) in [6.07, 6.45) is 0.175. The predicted molar refractivity (Wildman–Crippen MR) is 150 cm³/mol. The standard InChI is InChI=1S/C29H38N4O7/c1-19-28(3,26(34)35)25(21-8-7-9-22(18-21)33(38)39)29(27(36)37,20(2)30-19)12-13-31-14-16-32(17-15-31)23-10-5-6-11-24(23)40-4/h5-11,18-20,25,30H,12-17H2,1-4H3,(H,34,35)(H,36,37). The third-order valence-electron chi connectivity index (χ3n) is 9.20. The SMILES string of the molecule is COc1ccccc1N1CCN(CCC2(C(=O)O)C(C)NC(C)C(C)(C(=O)O)C2c2cccc([N+](=O)[O-])c2)CC1. The van der Waals surface area contributed by atoms with Crippen molar-refractivity contribution in [1.29, 1.82) is 0 Å². The van der Waals surface area contributed by atoms with Crippen LogP contribution in [-0.2, 0) is 9.59 Å². The van der Waals surface area contributed by atoms with Crippen LogP contribution in [0.15, 0.2) is 48.5 Å². The Balaban J connectivity index is 1.66. The van der Waals surface area contributed by atoms with Gasteiger partial charge in [0, 0.05) is 56.3 Å². The number of carbonyl (C=O) groups is 2. The number of anilines is 1. The second-order valence-electron chi connectivity index (χ2n) is 11.1. The lowest BCUT2D eigenvalue weighted by atomic mass is 9.51. The van der Waals surface area contributed by atoms with Crippen LogP contribution in [0.2, 0.25) is 0 Å². The summed E-state index contributed by atoms with van der Waals surface area (Å²) in [5.41, 5.74) is -1.91. The first-order valence-electron chi connectivity index (χ1n) is 13.5. The minimum absolute atomic E-state index is 0.175. The maximum atomic E-state index is 13.3. The number of nitro benzene ring substituents is 1. The van der Waals surface area contributed by atoms with Crippen molar-refractivity contribution in [2.75, 3.05) is 44.7 Å². The van der Waals surface area contributed by atoms with E-state index in [1.54, 1.807) is 33.9 Å². The van der Waals surface area contributed by atoms with Crippen molar-refractivity contribution in [2.45, 2.75) is 45.2 Å². The molecule has 0 bridgehead atoms. The van der Waals surface area contributed by atoms with Gasteiger partial charge in [0.2, 0.25) is 0 Å². The van der Waals surface area contributed by atoms with E-state index in [2.05, 4.69) is 15.1 Å². The van der Waals surface area contributed by atoms with E-state index < -0.39 is 45.7 Å². The van der Waals surface area contributed by atoms with Gasteiger partial charge in [-0.2, -0.15) is 0 Å². The maximum Gasteiger partial charge on any atom is 0.311 e. The van der Waals surface area contributed by atoms with E-state index in [1.807, 2.05) is 24.3 Å². The minimum Gasteiger partial charge on any atom is -0.495 e. The lowest BCUT2D eigenvalue weighted by Crippen LogP contribution is -2.69. The van der Waals surface area contributed by atoms with Crippen molar-refractivity contribution in [3.63, 3.8) is 0 Å². The molecule has 2 fully saturated rings. The topological polar surface area (TPSA) is 145 Å². The van der Waals surface area contributed by atoms with Crippen LogP contribution < -0.4 is 15.0 Å². The highest BCUT2D eigenvalue weighted by Crippen LogP contribution is 2.57. The molecule has 5 unspecified atom stereocenters. The van der Waals surface area contributed by atoms with Crippen LogP contribution in [-0.4, -0.2) is 83.9 Å². The molecule has 2 heterocycles. The number of piperidine rings is 1. The van der Waals surface area contributed by atoms with Crippen molar-refractivity contribution in [3.05, 3.63) is 64.2 Å². The smallest absolute Gasteiger partial charge is 0.311 e. The van der Waals surface area contributed by atoms with Crippen LogP contribution in [0.4, 0.5) is 11.4 Å². The average Bonchev–Trinajstić information content (AvgIpc) is 2.94. The first-order chi connectivity index (χ1) is 19.0. The number of non-ortho nitro benzene ring substituents is 1. The number of aliphatic carboxylic acids is 2. The summed E-state index contributed by atoms with van der Waals surface area (Å²) < 4.78 is 5.51. The lowest BCUT2D eigenvalue weighted by molar-refractivity contribution is -0.385. The van der Waals surface area contributed by atoms with Crippen LogP contribution in [0, 0.1) is 20.9 Å². The Bertz CT molecular complexity index is 1260. The molecule has 2 aromatic carbocycles. The molecule has 3 N–H and O–H groups in total. The van der Waals surface area contributed by atoms with Crippen molar-refractivity contribution in [1.82, 2.24) is 10.2 Å². The monoisotopic (exact) mass is 554 g/mol. The van der Waals surface area contributed by atoms with Crippen LogP contribution >= 0.6 is 0 Å².